The van der Waals surface area contributed by atoms with E-state index in [0.717, 1.165) is 12.5 Å². The van der Waals surface area contributed by atoms with Gasteiger partial charge in [0.1, 0.15) is 10.6 Å². The van der Waals surface area contributed by atoms with E-state index >= 15 is 0 Å². The Hall–Kier alpha value is -1.60. The first-order valence-corrected chi connectivity index (χ1v) is 7.68. The fourth-order valence-corrected chi connectivity index (χ4v) is 2.22. The van der Waals surface area contributed by atoms with Gasteiger partial charge in [-0.25, -0.2) is 18.4 Å². The van der Waals surface area contributed by atoms with Gasteiger partial charge in [-0.3, -0.25) is 0 Å². The molecule has 0 radical (unpaired) electrons. The second-order valence-corrected chi connectivity index (χ2v) is 6.26. The first-order valence-electron chi connectivity index (χ1n) is 6.13. The first-order chi connectivity index (χ1) is 9.25. The Labute approximate surface area is 118 Å². The zero-order chi connectivity index (χ0) is 15.3. The van der Waals surface area contributed by atoms with Gasteiger partial charge in [0, 0.05) is 0 Å². The van der Waals surface area contributed by atoms with Gasteiger partial charge in [0.25, 0.3) is 0 Å². The van der Waals surface area contributed by atoms with Crippen molar-refractivity contribution in [1.29, 1.82) is 0 Å². The number of rotatable bonds is 6. The summed E-state index contributed by atoms with van der Waals surface area (Å²) in [7, 11) is -2.64. The predicted molar refractivity (Wildman–Crippen MR) is 74.1 cm³/mol. The van der Waals surface area contributed by atoms with Crippen LogP contribution in [0.15, 0.2) is 23.1 Å². The van der Waals surface area contributed by atoms with Gasteiger partial charge in [-0.2, -0.15) is 0 Å². The average Bonchev–Trinajstić information content (AvgIpc) is 2.36. The summed E-state index contributed by atoms with van der Waals surface area (Å²) in [5, 5.41) is 5.08. The van der Waals surface area contributed by atoms with E-state index in [0.29, 0.717) is 5.92 Å². The molecule has 112 valence electrons. The van der Waals surface area contributed by atoms with Gasteiger partial charge < -0.3 is 9.47 Å². The van der Waals surface area contributed by atoms with Gasteiger partial charge in [0.05, 0.1) is 19.3 Å². The lowest BCUT2D eigenvalue weighted by molar-refractivity contribution is 0.0488. The molecule has 2 N–H and O–H groups in total. The van der Waals surface area contributed by atoms with Crippen molar-refractivity contribution in [3.05, 3.63) is 23.8 Å². The highest BCUT2D eigenvalue weighted by atomic mass is 32.2. The third-order valence-corrected chi connectivity index (χ3v) is 3.57. The second kappa shape index (κ2) is 6.71. The summed E-state index contributed by atoms with van der Waals surface area (Å²) in [5.41, 5.74) is 0.124. The maximum Gasteiger partial charge on any atom is 0.338 e. The van der Waals surface area contributed by atoms with Crippen LogP contribution in [0.1, 0.15) is 30.6 Å². The molecule has 0 aromatic heterocycles. The topological polar surface area (TPSA) is 95.7 Å². The Morgan fingerprint density at radius 3 is 2.50 bits per heavy atom. The zero-order valence-electron chi connectivity index (χ0n) is 11.8. The molecule has 0 saturated carbocycles. The number of hydrogen-bond donors (Lipinski definition) is 1. The predicted octanol–water partition coefficient (Wildman–Crippen LogP) is 1.55. The van der Waals surface area contributed by atoms with E-state index in [-0.39, 0.29) is 22.8 Å². The molecule has 1 rings (SSSR count). The van der Waals surface area contributed by atoms with Crippen LogP contribution in [-0.2, 0) is 14.8 Å². The van der Waals surface area contributed by atoms with Crippen LogP contribution >= 0.6 is 0 Å². The van der Waals surface area contributed by atoms with Crippen LogP contribution in [-0.4, -0.2) is 28.1 Å². The fraction of sp³-hybridized carbons (Fsp3) is 0.462. The summed E-state index contributed by atoms with van der Waals surface area (Å²) < 4.78 is 32.8. The van der Waals surface area contributed by atoms with E-state index in [1.165, 1.54) is 19.2 Å². The Bertz CT molecular complexity index is 580. The number of methoxy groups -OCH3 is 1. The quantitative estimate of drug-likeness (QED) is 0.804. The molecular formula is C13H19NO5S. The maximum absolute atomic E-state index is 11.8. The van der Waals surface area contributed by atoms with E-state index in [1.54, 1.807) is 0 Å². The molecule has 0 heterocycles. The number of carbonyl (C=O) groups is 1. The van der Waals surface area contributed by atoms with E-state index in [4.69, 9.17) is 14.6 Å². The van der Waals surface area contributed by atoms with Crippen molar-refractivity contribution >= 4 is 16.0 Å². The van der Waals surface area contributed by atoms with Crippen LogP contribution in [0.3, 0.4) is 0 Å². The zero-order valence-corrected chi connectivity index (χ0v) is 12.6. The maximum atomic E-state index is 11.8. The van der Waals surface area contributed by atoms with Gasteiger partial charge in [0.15, 0.2) is 0 Å². The number of esters is 1. The molecule has 0 aliphatic rings. The Balaban J connectivity index is 2.95. The number of benzene rings is 1. The van der Waals surface area contributed by atoms with Crippen LogP contribution in [0.2, 0.25) is 0 Å². The summed E-state index contributed by atoms with van der Waals surface area (Å²) in [5.74, 6) is -0.0805. The SMILES string of the molecule is COc1ccc(C(=O)OCCC(C)C)cc1S(N)(=O)=O. The van der Waals surface area contributed by atoms with Gasteiger partial charge in [-0.15, -0.1) is 0 Å². The molecule has 0 unspecified atom stereocenters. The lowest BCUT2D eigenvalue weighted by Gasteiger charge is -2.10. The average molecular weight is 301 g/mol. The van der Waals surface area contributed by atoms with Crippen LogP contribution in [0, 0.1) is 5.92 Å². The molecular weight excluding hydrogens is 282 g/mol. The number of sulfonamides is 1. The van der Waals surface area contributed by atoms with Crippen LogP contribution in [0.25, 0.3) is 0 Å². The Kier molecular flexibility index (Phi) is 5.52. The van der Waals surface area contributed by atoms with E-state index in [2.05, 4.69) is 0 Å². The summed E-state index contributed by atoms with van der Waals surface area (Å²) in [4.78, 5) is 11.6. The Morgan fingerprint density at radius 1 is 1.35 bits per heavy atom. The van der Waals surface area contributed by atoms with Gasteiger partial charge in [0.2, 0.25) is 10.0 Å². The number of nitrogens with two attached hydrogens (primary N) is 1. The van der Waals surface area contributed by atoms with Crippen molar-refractivity contribution in [2.75, 3.05) is 13.7 Å². The fourth-order valence-electron chi connectivity index (χ4n) is 1.50. The lowest BCUT2D eigenvalue weighted by Crippen LogP contribution is -2.15. The Morgan fingerprint density at radius 2 is 2.00 bits per heavy atom. The molecule has 0 amide bonds. The minimum Gasteiger partial charge on any atom is -0.495 e. The van der Waals surface area contributed by atoms with Crippen molar-refractivity contribution in [3.63, 3.8) is 0 Å². The highest BCUT2D eigenvalue weighted by molar-refractivity contribution is 7.89. The largest absolute Gasteiger partial charge is 0.495 e. The molecule has 0 fully saturated rings. The number of hydrogen-bond acceptors (Lipinski definition) is 5. The standard InChI is InChI=1S/C13H19NO5S/c1-9(2)6-7-19-13(15)10-4-5-11(18-3)12(8-10)20(14,16)17/h4-5,8-9H,6-7H2,1-3H3,(H2,14,16,17). The third-order valence-electron chi connectivity index (χ3n) is 2.63. The summed E-state index contributed by atoms with van der Waals surface area (Å²) in [6.45, 7) is 4.31. The van der Waals surface area contributed by atoms with Crippen LogP contribution in [0.5, 0.6) is 5.75 Å². The molecule has 6 nitrogen and oxygen atoms in total. The summed E-state index contributed by atoms with van der Waals surface area (Å²) in [6, 6.07) is 3.97. The smallest absolute Gasteiger partial charge is 0.338 e. The van der Waals surface area contributed by atoms with E-state index in [9.17, 15) is 13.2 Å². The van der Waals surface area contributed by atoms with Crippen molar-refractivity contribution in [3.8, 4) is 5.75 Å². The first kappa shape index (κ1) is 16.5. The van der Waals surface area contributed by atoms with Crippen LogP contribution in [0.4, 0.5) is 0 Å². The molecule has 20 heavy (non-hydrogen) atoms. The highest BCUT2D eigenvalue weighted by Gasteiger charge is 2.18. The summed E-state index contributed by atoms with van der Waals surface area (Å²) in [6.07, 6.45) is 0.740. The third kappa shape index (κ3) is 4.50. The van der Waals surface area contributed by atoms with Crippen molar-refractivity contribution in [1.82, 2.24) is 0 Å². The molecule has 0 bridgehead atoms. The second-order valence-electron chi connectivity index (χ2n) is 4.73. The highest BCUT2D eigenvalue weighted by Crippen LogP contribution is 2.24. The minimum absolute atomic E-state index is 0.0891. The molecule has 0 saturated heterocycles. The van der Waals surface area contributed by atoms with Crippen molar-refractivity contribution in [2.45, 2.75) is 25.2 Å². The lowest BCUT2D eigenvalue weighted by atomic mass is 10.1. The number of ether oxygens (including phenoxy) is 2. The van der Waals surface area contributed by atoms with Gasteiger partial charge in [-0.05, 0) is 30.5 Å². The summed E-state index contributed by atoms with van der Waals surface area (Å²) >= 11 is 0. The minimum atomic E-state index is -3.97. The molecule has 0 aliphatic carbocycles. The monoisotopic (exact) mass is 301 g/mol. The van der Waals surface area contributed by atoms with E-state index in [1.807, 2.05) is 13.8 Å². The van der Waals surface area contributed by atoms with Gasteiger partial charge in [-0.1, -0.05) is 13.8 Å². The van der Waals surface area contributed by atoms with Crippen LogP contribution < -0.4 is 9.88 Å². The molecule has 7 heteroatoms. The molecule has 1 aromatic carbocycles. The molecule has 0 aliphatic heterocycles. The molecule has 0 atom stereocenters. The normalized spacial score (nSPS) is 11.4. The molecule has 0 spiro atoms. The van der Waals surface area contributed by atoms with Crippen molar-refractivity contribution in [2.24, 2.45) is 11.1 Å². The van der Waals surface area contributed by atoms with E-state index < -0.39 is 16.0 Å². The van der Waals surface area contributed by atoms with Gasteiger partial charge >= 0.3 is 5.97 Å². The van der Waals surface area contributed by atoms with Crippen molar-refractivity contribution < 1.29 is 22.7 Å². The molecule has 1 aromatic rings. The number of primary sulfonamides is 1. The number of carbonyl (C=O) groups excluding carboxylic acids is 1.